The maximum atomic E-state index is 12.2. The lowest BCUT2D eigenvalue weighted by Gasteiger charge is -2.14. The van der Waals surface area contributed by atoms with E-state index in [0.717, 1.165) is 18.5 Å². The number of benzene rings is 1. The van der Waals surface area contributed by atoms with Crippen molar-refractivity contribution in [1.82, 2.24) is 9.78 Å². The third-order valence-corrected chi connectivity index (χ3v) is 3.42. The molecule has 1 aromatic carbocycles. The van der Waals surface area contributed by atoms with Gasteiger partial charge in [-0.2, -0.15) is 5.10 Å². The zero-order chi connectivity index (χ0) is 15.9. The van der Waals surface area contributed by atoms with Crippen LogP contribution in [-0.2, 0) is 9.53 Å². The Kier molecular flexibility index (Phi) is 5.98. The number of aromatic nitrogens is 2. The first-order chi connectivity index (χ1) is 10.6. The molecule has 0 aliphatic rings. The van der Waals surface area contributed by atoms with E-state index in [9.17, 15) is 4.79 Å². The molecule has 6 heteroatoms. The van der Waals surface area contributed by atoms with Gasteiger partial charge in [0.15, 0.2) is 0 Å². The highest BCUT2D eigenvalue weighted by Crippen LogP contribution is 2.18. The maximum absolute atomic E-state index is 12.2. The summed E-state index contributed by atoms with van der Waals surface area (Å²) in [6.45, 7) is 4.40. The van der Waals surface area contributed by atoms with E-state index in [2.05, 4.69) is 17.3 Å². The minimum Gasteiger partial charge on any atom is -0.369 e. The van der Waals surface area contributed by atoms with Gasteiger partial charge >= 0.3 is 0 Å². The minimum atomic E-state index is -0.505. The Hall–Kier alpha value is -1.85. The number of carbonyl (C=O) groups excluding carboxylic acids is 1. The topological polar surface area (TPSA) is 56.1 Å². The standard InChI is InChI=1S/C16H20ClN3O2/c1-3-4-10-22-12(2)16(21)19-15-8-9-18-20(15)14-7-5-6-13(17)11-14/h5-9,11-12H,3-4,10H2,1-2H3,(H,19,21). The van der Waals surface area contributed by atoms with Crippen molar-refractivity contribution in [3.05, 3.63) is 41.6 Å². The fourth-order valence-electron chi connectivity index (χ4n) is 1.92. The molecule has 0 fully saturated rings. The Balaban J connectivity index is 2.05. The second-order valence-electron chi connectivity index (χ2n) is 4.96. The van der Waals surface area contributed by atoms with E-state index in [1.165, 1.54) is 0 Å². The minimum absolute atomic E-state index is 0.195. The van der Waals surface area contributed by atoms with Crippen molar-refractivity contribution in [2.45, 2.75) is 32.8 Å². The number of amides is 1. The summed E-state index contributed by atoms with van der Waals surface area (Å²) >= 11 is 5.99. The second kappa shape index (κ2) is 7.96. The van der Waals surface area contributed by atoms with Gasteiger partial charge in [0.1, 0.15) is 11.9 Å². The van der Waals surface area contributed by atoms with Crippen molar-refractivity contribution in [3.63, 3.8) is 0 Å². The van der Waals surface area contributed by atoms with E-state index in [1.54, 1.807) is 36.0 Å². The van der Waals surface area contributed by atoms with Crippen LogP contribution in [0.2, 0.25) is 5.02 Å². The van der Waals surface area contributed by atoms with Crippen molar-refractivity contribution < 1.29 is 9.53 Å². The van der Waals surface area contributed by atoms with Gasteiger partial charge in [-0.05, 0) is 31.5 Å². The summed E-state index contributed by atoms with van der Waals surface area (Å²) in [5.41, 5.74) is 0.785. The SMILES string of the molecule is CCCCOC(C)C(=O)Nc1ccnn1-c1cccc(Cl)c1. The van der Waals surface area contributed by atoms with Crippen LogP contribution in [0.15, 0.2) is 36.5 Å². The first kappa shape index (κ1) is 16.5. The molecule has 0 saturated carbocycles. The molecule has 1 N–H and O–H groups in total. The lowest BCUT2D eigenvalue weighted by atomic mass is 10.3. The van der Waals surface area contributed by atoms with Crippen LogP contribution in [0, 0.1) is 0 Å². The van der Waals surface area contributed by atoms with Crippen molar-refractivity contribution in [2.24, 2.45) is 0 Å². The molecule has 1 aromatic heterocycles. The van der Waals surface area contributed by atoms with Crippen molar-refractivity contribution in [2.75, 3.05) is 11.9 Å². The monoisotopic (exact) mass is 321 g/mol. The molecule has 1 atom stereocenters. The number of ether oxygens (including phenoxy) is 1. The van der Waals surface area contributed by atoms with Crippen molar-refractivity contribution in [3.8, 4) is 5.69 Å². The molecule has 0 spiro atoms. The van der Waals surface area contributed by atoms with E-state index in [-0.39, 0.29) is 5.91 Å². The number of rotatable bonds is 7. The first-order valence-electron chi connectivity index (χ1n) is 7.34. The Labute approximate surface area is 135 Å². The molecule has 0 saturated heterocycles. The van der Waals surface area contributed by atoms with Crippen LogP contribution in [-0.4, -0.2) is 28.4 Å². The molecule has 22 heavy (non-hydrogen) atoms. The van der Waals surface area contributed by atoms with Gasteiger partial charge in [-0.1, -0.05) is 31.0 Å². The van der Waals surface area contributed by atoms with Gasteiger partial charge in [0.2, 0.25) is 0 Å². The predicted molar refractivity (Wildman–Crippen MR) is 87.5 cm³/mol. The molecular formula is C16H20ClN3O2. The number of nitrogens with one attached hydrogen (secondary N) is 1. The van der Waals surface area contributed by atoms with E-state index >= 15 is 0 Å². The first-order valence-corrected chi connectivity index (χ1v) is 7.72. The number of nitrogens with zero attached hydrogens (tertiary/aromatic N) is 2. The number of unbranched alkanes of at least 4 members (excludes halogenated alkanes) is 1. The van der Waals surface area contributed by atoms with Crippen LogP contribution in [0.25, 0.3) is 5.69 Å². The summed E-state index contributed by atoms with van der Waals surface area (Å²) in [4.78, 5) is 12.2. The average Bonchev–Trinajstić information content (AvgIpc) is 2.95. The van der Waals surface area contributed by atoms with Gasteiger partial charge in [-0.15, -0.1) is 0 Å². The van der Waals surface area contributed by atoms with E-state index < -0.39 is 6.10 Å². The van der Waals surface area contributed by atoms with Crippen molar-refractivity contribution in [1.29, 1.82) is 0 Å². The molecule has 2 rings (SSSR count). The smallest absolute Gasteiger partial charge is 0.254 e. The summed E-state index contributed by atoms with van der Waals surface area (Å²) in [6.07, 6.45) is 3.10. The molecule has 0 aliphatic heterocycles. The lowest BCUT2D eigenvalue weighted by molar-refractivity contribution is -0.126. The van der Waals surface area contributed by atoms with Crippen LogP contribution >= 0.6 is 11.6 Å². The molecular weight excluding hydrogens is 302 g/mol. The zero-order valence-electron chi connectivity index (χ0n) is 12.8. The second-order valence-corrected chi connectivity index (χ2v) is 5.40. The van der Waals surface area contributed by atoms with Crippen LogP contribution in [0.4, 0.5) is 5.82 Å². The van der Waals surface area contributed by atoms with Gasteiger partial charge in [0.25, 0.3) is 5.91 Å². The Morgan fingerprint density at radius 2 is 2.27 bits per heavy atom. The molecule has 118 valence electrons. The predicted octanol–water partition coefficient (Wildman–Crippen LogP) is 3.67. The van der Waals surface area contributed by atoms with E-state index in [4.69, 9.17) is 16.3 Å². The lowest BCUT2D eigenvalue weighted by Crippen LogP contribution is -2.29. The summed E-state index contributed by atoms with van der Waals surface area (Å²) in [6, 6.07) is 9.01. The number of halogens is 1. The van der Waals surface area contributed by atoms with Gasteiger partial charge in [0.05, 0.1) is 11.9 Å². The molecule has 5 nitrogen and oxygen atoms in total. The zero-order valence-corrected chi connectivity index (χ0v) is 13.5. The summed E-state index contributed by atoms with van der Waals surface area (Å²) in [5, 5.41) is 7.66. The highest BCUT2D eigenvalue weighted by Gasteiger charge is 2.15. The molecule has 0 aliphatic carbocycles. The van der Waals surface area contributed by atoms with Gasteiger partial charge < -0.3 is 10.1 Å². The Bertz CT molecular complexity index is 627. The highest BCUT2D eigenvalue weighted by atomic mass is 35.5. The van der Waals surface area contributed by atoms with Crippen LogP contribution < -0.4 is 5.32 Å². The normalized spacial score (nSPS) is 12.1. The Morgan fingerprint density at radius 3 is 3.00 bits per heavy atom. The van der Waals surface area contributed by atoms with Gasteiger partial charge in [-0.3, -0.25) is 4.79 Å². The summed E-state index contributed by atoms with van der Waals surface area (Å²) in [5.74, 6) is 0.387. The quantitative estimate of drug-likeness (QED) is 0.792. The van der Waals surface area contributed by atoms with Crippen LogP contribution in [0.3, 0.4) is 0 Å². The summed E-state index contributed by atoms with van der Waals surface area (Å²) in [7, 11) is 0. The average molecular weight is 322 g/mol. The highest BCUT2D eigenvalue weighted by molar-refractivity contribution is 6.30. The molecule has 1 heterocycles. The number of hydrogen-bond acceptors (Lipinski definition) is 3. The maximum Gasteiger partial charge on any atom is 0.254 e. The molecule has 1 unspecified atom stereocenters. The Morgan fingerprint density at radius 1 is 1.45 bits per heavy atom. The number of hydrogen-bond donors (Lipinski definition) is 1. The van der Waals surface area contributed by atoms with E-state index in [0.29, 0.717) is 17.4 Å². The summed E-state index contributed by atoms with van der Waals surface area (Å²) < 4.78 is 7.12. The van der Waals surface area contributed by atoms with Gasteiger partial charge in [-0.25, -0.2) is 4.68 Å². The van der Waals surface area contributed by atoms with Gasteiger partial charge in [0, 0.05) is 17.7 Å². The fraction of sp³-hybridized carbons (Fsp3) is 0.375. The van der Waals surface area contributed by atoms with Crippen LogP contribution in [0.1, 0.15) is 26.7 Å². The molecule has 1 amide bonds. The number of anilines is 1. The molecule has 0 radical (unpaired) electrons. The number of carbonyl (C=O) groups is 1. The van der Waals surface area contributed by atoms with Crippen molar-refractivity contribution >= 4 is 23.3 Å². The van der Waals surface area contributed by atoms with E-state index in [1.807, 2.05) is 12.1 Å². The molecule has 0 bridgehead atoms. The van der Waals surface area contributed by atoms with Crippen LogP contribution in [0.5, 0.6) is 0 Å². The molecule has 2 aromatic rings. The third kappa shape index (κ3) is 4.32. The fourth-order valence-corrected chi connectivity index (χ4v) is 2.10. The largest absolute Gasteiger partial charge is 0.369 e. The third-order valence-electron chi connectivity index (χ3n) is 3.18.